The Morgan fingerprint density at radius 2 is 1.65 bits per heavy atom. The molecule has 2 rings (SSSR count). The zero-order chi connectivity index (χ0) is 18.8. The number of nitrogens with zero attached hydrogens (tertiary/aromatic N) is 1. The Bertz CT molecular complexity index is 645. The van der Waals surface area contributed by atoms with Gasteiger partial charge in [-0.3, -0.25) is 0 Å². The molecule has 1 unspecified atom stereocenters. The van der Waals surface area contributed by atoms with Crippen LogP contribution in [0.5, 0.6) is 11.5 Å². The van der Waals surface area contributed by atoms with Gasteiger partial charge in [-0.15, -0.1) is 0 Å². The third-order valence-electron chi connectivity index (χ3n) is 4.37. The Balaban J connectivity index is 1.70. The smallest absolute Gasteiger partial charge is 0.160 e. The highest BCUT2D eigenvalue weighted by Gasteiger charge is 2.09. The van der Waals surface area contributed by atoms with E-state index in [1.807, 2.05) is 24.3 Å². The average Bonchev–Trinajstić information content (AvgIpc) is 2.67. The first-order chi connectivity index (χ1) is 12.6. The molecule has 0 aliphatic carbocycles. The zero-order valence-corrected chi connectivity index (χ0v) is 16.4. The van der Waals surface area contributed by atoms with Crippen LogP contribution in [0.1, 0.15) is 18.1 Å². The number of benzene rings is 2. The minimum absolute atomic E-state index is 0.495. The van der Waals surface area contributed by atoms with E-state index in [1.165, 1.54) is 11.1 Å². The van der Waals surface area contributed by atoms with Gasteiger partial charge >= 0.3 is 0 Å². The van der Waals surface area contributed by atoms with Gasteiger partial charge < -0.3 is 19.1 Å². The fourth-order valence-corrected chi connectivity index (χ4v) is 2.98. The van der Waals surface area contributed by atoms with Gasteiger partial charge in [0.15, 0.2) is 11.5 Å². The Morgan fingerprint density at radius 1 is 0.923 bits per heavy atom. The van der Waals surface area contributed by atoms with Crippen LogP contribution in [0.2, 0.25) is 0 Å². The molecule has 0 heterocycles. The summed E-state index contributed by atoms with van der Waals surface area (Å²) in [7, 11) is 5.49. The lowest BCUT2D eigenvalue weighted by molar-refractivity contribution is 0.0805. The molecule has 0 spiro atoms. The molecule has 4 heteroatoms. The van der Waals surface area contributed by atoms with E-state index in [0.717, 1.165) is 37.6 Å². The van der Waals surface area contributed by atoms with Crippen LogP contribution in [-0.4, -0.2) is 45.9 Å². The Morgan fingerprint density at radius 3 is 2.35 bits per heavy atom. The van der Waals surface area contributed by atoms with Crippen molar-refractivity contribution in [3.8, 4) is 11.5 Å². The summed E-state index contributed by atoms with van der Waals surface area (Å²) in [6.45, 7) is 5.70. The van der Waals surface area contributed by atoms with Gasteiger partial charge in [0, 0.05) is 13.1 Å². The number of likely N-dealkylation sites (N-methyl/N-ethyl adjacent to an activating group) is 1. The van der Waals surface area contributed by atoms with E-state index in [4.69, 9.17) is 14.2 Å². The van der Waals surface area contributed by atoms with Crippen molar-refractivity contribution in [2.75, 3.05) is 41.0 Å². The highest BCUT2D eigenvalue weighted by molar-refractivity contribution is 5.42. The van der Waals surface area contributed by atoms with Crippen LogP contribution < -0.4 is 9.47 Å². The van der Waals surface area contributed by atoms with E-state index in [9.17, 15) is 0 Å². The van der Waals surface area contributed by atoms with Gasteiger partial charge in [-0.05, 0) is 42.6 Å². The molecule has 0 saturated carbocycles. The number of hydrogen-bond acceptors (Lipinski definition) is 4. The molecule has 2 aromatic rings. The molecule has 0 aromatic heterocycles. The lowest BCUT2D eigenvalue weighted by Gasteiger charge is -2.21. The van der Waals surface area contributed by atoms with E-state index in [2.05, 4.69) is 43.1 Å². The molecule has 0 saturated heterocycles. The summed E-state index contributed by atoms with van der Waals surface area (Å²) < 4.78 is 16.5. The molecule has 2 aromatic carbocycles. The van der Waals surface area contributed by atoms with Crippen molar-refractivity contribution in [1.82, 2.24) is 4.90 Å². The molecule has 0 aliphatic rings. The molecule has 26 heavy (non-hydrogen) atoms. The number of rotatable bonds is 11. The van der Waals surface area contributed by atoms with Crippen molar-refractivity contribution in [2.24, 2.45) is 5.92 Å². The highest BCUT2D eigenvalue weighted by atomic mass is 16.5. The molecule has 0 bridgehead atoms. The quantitative estimate of drug-likeness (QED) is 0.607. The molecular weight excluding hydrogens is 326 g/mol. The predicted molar refractivity (Wildman–Crippen MR) is 106 cm³/mol. The Hall–Kier alpha value is -2.04. The highest BCUT2D eigenvalue weighted by Crippen LogP contribution is 2.27. The summed E-state index contributed by atoms with van der Waals surface area (Å²) in [4.78, 5) is 2.35. The third kappa shape index (κ3) is 6.70. The van der Waals surface area contributed by atoms with Gasteiger partial charge in [0.2, 0.25) is 0 Å². The second kappa shape index (κ2) is 10.8. The summed E-state index contributed by atoms with van der Waals surface area (Å²) in [5.41, 5.74) is 2.48. The maximum atomic E-state index is 5.84. The first-order valence-corrected chi connectivity index (χ1v) is 9.13. The van der Waals surface area contributed by atoms with E-state index in [1.54, 1.807) is 14.2 Å². The first kappa shape index (κ1) is 20.3. The minimum atomic E-state index is 0.495. The summed E-state index contributed by atoms with van der Waals surface area (Å²) in [6.07, 6.45) is 0.981. The maximum absolute atomic E-state index is 5.84. The van der Waals surface area contributed by atoms with E-state index in [0.29, 0.717) is 12.5 Å². The first-order valence-electron chi connectivity index (χ1n) is 9.13. The summed E-state index contributed by atoms with van der Waals surface area (Å²) in [5, 5.41) is 0. The maximum Gasteiger partial charge on any atom is 0.160 e. The van der Waals surface area contributed by atoms with E-state index >= 15 is 0 Å². The van der Waals surface area contributed by atoms with Crippen molar-refractivity contribution >= 4 is 0 Å². The van der Waals surface area contributed by atoms with E-state index < -0.39 is 0 Å². The van der Waals surface area contributed by atoms with Crippen molar-refractivity contribution < 1.29 is 14.2 Å². The van der Waals surface area contributed by atoms with Gasteiger partial charge in [-0.1, -0.05) is 43.3 Å². The molecule has 0 amide bonds. The predicted octanol–water partition coefficient (Wildman–Crippen LogP) is 4.03. The molecule has 0 aliphatic heterocycles. The third-order valence-corrected chi connectivity index (χ3v) is 4.37. The molecule has 1 atom stereocenters. The number of ether oxygens (including phenoxy) is 3. The SMILES string of the molecule is COc1ccc(CCN(C)CC(C)COCc2ccccc2)cc1OC. The minimum Gasteiger partial charge on any atom is -0.493 e. The molecule has 0 N–H and O–H groups in total. The van der Waals surface area contributed by atoms with Gasteiger partial charge in [-0.2, -0.15) is 0 Å². The number of hydrogen-bond donors (Lipinski definition) is 0. The molecule has 4 nitrogen and oxygen atoms in total. The van der Waals surface area contributed by atoms with Crippen LogP contribution in [0, 0.1) is 5.92 Å². The van der Waals surface area contributed by atoms with Crippen LogP contribution in [-0.2, 0) is 17.8 Å². The largest absolute Gasteiger partial charge is 0.493 e. The molecule has 0 radical (unpaired) electrons. The van der Waals surface area contributed by atoms with Gasteiger partial charge in [-0.25, -0.2) is 0 Å². The summed E-state index contributed by atoms with van der Waals surface area (Å²) in [6, 6.07) is 16.4. The van der Waals surface area contributed by atoms with Crippen LogP contribution in [0.15, 0.2) is 48.5 Å². The van der Waals surface area contributed by atoms with Gasteiger partial charge in [0.25, 0.3) is 0 Å². The van der Waals surface area contributed by atoms with E-state index in [-0.39, 0.29) is 0 Å². The molecule has 142 valence electrons. The Labute approximate surface area is 157 Å². The molecular formula is C22H31NO3. The van der Waals surface area contributed by atoms with Crippen LogP contribution in [0.3, 0.4) is 0 Å². The van der Waals surface area contributed by atoms with Gasteiger partial charge in [0.05, 0.1) is 27.4 Å². The zero-order valence-electron chi connectivity index (χ0n) is 16.4. The van der Waals surface area contributed by atoms with Crippen molar-refractivity contribution in [3.63, 3.8) is 0 Å². The molecule has 0 fully saturated rings. The average molecular weight is 357 g/mol. The lowest BCUT2D eigenvalue weighted by atomic mass is 10.1. The monoisotopic (exact) mass is 357 g/mol. The second-order valence-electron chi connectivity index (χ2n) is 6.81. The summed E-state index contributed by atoms with van der Waals surface area (Å²) in [5.74, 6) is 2.05. The number of methoxy groups -OCH3 is 2. The fraction of sp³-hybridized carbons (Fsp3) is 0.455. The van der Waals surface area contributed by atoms with Crippen molar-refractivity contribution in [1.29, 1.82) is 0 Å². The van der Waals surface area contributed by atoms with Crippen LogP contribution in [0.25, 0.3) is 0 Å². The van der Waals surface area contributed by atoms with Crippen LogP contribution in [0.4, 0.5) is 0 Å². The standard InChI is InChI=1S/C22H31NO3/c1-18(16-26-17-20-8-6-5-7-9-20)15-23(2)13-12-19-10-11-21(24-3)22(14-19)25-4/h5-11,14,18H,12-13,15-17H2,1-4H3. The topological polar surface area (TPSA) is 30.9 Å². The summed E-state index contributed by atoms with van der Waals surface area (Å²) >= 11 is 0. The van der Waals surface area contributed by atoms with Crippen molar-refractivity contribution in [3.05, 3.63) is 59.7 Å². The van der Waals surface area contributed by atoms with Crippen LogP contribution >= 0.6 is 0 Å². The fourth-order valence-electron chi connectivity index (χ4n) is 2.98. The second-order valence-corrected chi connectivity index (χ2v) is 6.81. The Kier molecular flexibility index (Phi) is 8.45. The normalized spacial score (nSPS) is 12.2. The lowest BCUT2D eigenvalue weighted by Crippen LogP contribution is -2.28. The van der Waals surface area contributed by atoms with Gasteiger partial charge in [0.1, 0.15) is 0 Å². The van der Waals surface area contributed by atoms with Crippen molar-refractivity contribution in [2.45, 2.75) is 20.0 Å².